The number of nitrogens with one attached hydrogen (secondary N) is 1. The van der Waals surface area contributed by atoms with Gasteiger partial charge in [-0.15, -0.1) is 11.8 Å². The van der Waals surface area contributed by atoms with Gasteiger partial charge in [-0.05, 0) is 0 Å². The Labute approximate surface area is 133 Å². The van der Waals surface area contributed by atoms with E-state index in [0.29, 0.717) is 6.07 Å². The SMILES string of the molecule is COC(=O)CSc1cc([N+](=O)[O-])cc([N+](=O)[O-])c1NC(=O)OC. The van der Waals surface area contributed by atoms with Crippen molar-refractivity contribution in [3.63, 3.8) is 0 Å². The summed E-state index contributed by atoms with van der Waals surface area (Å²) in [6.45, 7) is 0. The van der Waals surface area contributed by atoms with E-state index < -0.39 is 33.3 Å². The predicted octanol–water partition coefficient (Wildman–Crippen LogP) is 1.95. The van der Waals surface area contributed by atoms with E-state index in [1.807, 2.05) is 0 Å². The summed E-state index contributed by atoms with van der Waals surface area (Å²) in [6, 6.07) is 1.71. The predicted molar refractivity (Wildman–Crippen MR) is 78.5 cm³/mol. The molecule has 1 amide bonds. The Morgan fingerprint density at radius 2 is 1.83 bits per heavy atom. The summed E-state index contributed by atoms with van der Waals surface area (Å²) in [4.78, 5) is 42.8. The van der Waals surface area contributed by atoms with Crippen LogP contribution in [-0.2, 0) is 14.3 Å². The van der Waals surface area contributed by atoms with Crippen LogP contribution in [0.1, 0.15) is 0 Å². The molecule has 0 unspecified atom stereocenters. The molecule has 0 aliphatic rings. The molecule has 0 spiro atoms. The van der Waals surface area contributed by atoms with Gasteiger partial charge in [0.1, 0.15) is 5.69 Å². The number of methoxy groups -OCH3 is 2. The van der Waals surface area contributed by atoms with Crippen molar-refractivity contribution in [2.24, 2.45) is 0 Å². The van der Waals surface area contributed by atoms with Gasteiger partial charge in [-0.2, -0.15) is 0 Å². The highest BCUT2D eigenvalue weighted by atomic mass is 32.2. The number of nitrogens with zero attached hydrogens (tertiary/aromatic N) is 2. The number of nitro groups is 2. The van der Waals surface area contributed by atoms with Crippen LogP contribution >= 0.6 is 11.8 Å². The molecule has 11 nitrogen and oxygen atoms in total. The Morgan fingerprint density at radius 1 is 1.17 bits per heavy atom. The summed E-state index contributed by atoms with van der Waals surface area (Å²) in [5, 5.41) is 24.1. The van der Waals surface area contributed by atoms with E-state index in [4.69, 9.17) is 0 Å². The van der Waals surface area contributed by atoms with Crippen molar-refractivity contribution < 1.29 is 28.9 Å². The molecule has 0 aromatic heterocycles. The topological polar surface area (TPSA) is 151 Å². The molecule has 1 aromatic rings. The van der Waals surface area contributed by atoms with Crippen LogP contribution in [0.15, 0.2) is 17.0 Å². The first-order chi connectivity index (χ1) is 10.8. The van der Waals surface area contributed by atoms with Gasteiger partial charge in [0, 0.05) is 11.0 Å². The van der Waals surface area contributed by atoms with E-state index in [1.54, 1.807) is 0 Å². The molecule has 0 saturated heterocycles. The van der Waals surface area contributed by atoms with Crippen LogP contribution < -0.4 is 5.32 Å². The highest BCUT2D eigenvalue weighted by molar-refractivity contribution is 8.00. The van der Waals surface area contributed by atoms with Gasteiger partial charge in [-0.1, -0.05) is 0 Å². The Morgan fingerprint density at radius 3 is 2.30 bits per heavy atom. The second-order valence-electron chi connectivity index (χ2n) is 3.83. The van der Waals surface area contributed by atoms with Gasteiger partial charge in [0.2, 0.25) is 0 Å². The molecular weight excluding hydrogens is 334 g/mol. The summed E-state index contributed by atoms with van der Waals surface area (Å²) < 4.78 is 8.79. The zero-order valence-electron chi connectivity index (χ0n) is 11.9. The summed E-state index contributed by atoms with van der Waals surface area (Å²) in [5.74, 6) is -0.904. The van der Waals surface area contributed by atoms with Crippen molar-refractivity contribution in [3.8, 4) is 0 Å². The van der Waals surface area contributed by atoms with Crippen LogP contribution in [0.2, 0.25) is 0 Å². The van der Waals surface area contributed by atoms with Crippen molar-refractivity contribution in [1.29, 1.82) is 0 Å². The Bertz CT molecular complexity index is 663. The number of nitro benzene ring substituents is 2. The molecule has 0 bridgehead atoms. The second kappa shape index (κ2) is 7.93. The summed E-state index contributed by atoms with van der Waals surface area (Å²) in [6.07, 6.45) is -0.998. The second-order valence-corrected chi connectivity index (χ2v) is 4.85. The van der Waals surface area contributed by atoms with Gasteiger partial charge in [0.15, 0.2) is 0 Å². The zero-order valence-corrected chi connectivity index (χ0v) is 12.7. The first-order valence-corrected chi connectivity index (χ1v) is 6.80. The number of hydrogen-bond acceptors (Lipinski definition) is 9. The third-order valence-electron chi connectivity index (χ3n) is 2.46. The number of thioether (sulfide) groups is 1. The lowest BCUT2D eigenvalue weighted by Gasteiger charge is -2.10. The average molecular weight is 345 g/mol. The van der Waals surface area contributed by atoms with Crippen molar-refractivity contribution in [2.45, 2.75) is 4.90 Å². The maximum atomic E-state index is 11.3. The van der Waals surface area contributed by atoms with Gasteiger partial charge in [-0.25, -0.2) is 4.79 Å². The largest absolute Gasteiger partial charge is 0.468 e. The summed E-state index contributed by atoms with van der Waals surface area (Å²) in [5.41, 5.74) is -1.56. The van der Waals surface area contributed by atoms with Crippen LogP contribution in [0.4, 0.5) is 21.9 Å². The van der Waals surface area contributed by atoms with Gasteiger partial charge < -0.3 is 9.47 Å². The fourth-order valence-corrected chi connectivity index (χ4v) is 2.32. The molecule has 1 N–H and O–H groups in total. The number of rotatable bonds is 6. The van der Waals surface area contributed by atoms with E-state index in [2.05, 4.69) is 14.8 Å². The van der Waals surface area contributed by atoms with Crippen LogP contribution in [0.25, 0.3) is 0 Å². The van der Waals surface area contributed by atoms with Crippen LogP contribution in [0, 0.1) is 20.2 Å². The number of ether oxygens (including phenoxy) is 2. The molecule has 23 heavy (non-hydrogen) atoms. The molecule has 12 heteroatoms. The van der Waals surface area contributed by atoms with Crippen molar-refractivity contribution >= 4 is 40.9 Å². The molecule has 1 rings (SSSR count). The maximum Gasteiger partial charge on any atom is 0.411 e. The zero-order chi connectivity index (χ0) is 17.6. The van der Waals surface area contributed by atoms with Crippen LogP contribution in [0.3, 0.4) is 0 Å². The minimum absolute atomic E-state index is 0.0401. The Balaban J connectivity index is 3.39. The number of benzene rings is 1. The Hall–Kier alpha value is -2.89. The average Bonchev–Trinajstić information content (AvgIpc) is 2.52. The minimum Gasteiger partial charge on any atom is -0.468 e. The highest BCUT2D eigenvalue weighted by Crippen LogP contribution is 2.39. The molecule has 0 heterocycles. The van der Waals surface area contributed by atoms with Crippen molar-refractivity contribution in [1.82, 2.24) is 0 Å². The number of anilines is 1. The summed E-state index contributed by atoms with van der Waals surface area (Å²) in [7, 11) is 2.19. The fourth-order valence-electron chi connectivity index (χ4n) is 1.42. The molecule has 124 valence electrons. The molecule has 0 saturated carbocycles. The monoisotopic (exact) mass is 345 g/mol. The first kappa shape index (κ1) is 18.2. The van der Waals surface area contributed by atoms with E-state index >= 15 is 0 Å². The molecule has 0 aliphatic heterocycles. The normalized spacial score (nSPS) is 9.83. The van der Waals surface area contributed by atoms with E-state index in [9.17, 15) is 29.8 Å². The maximum absolute atomic E-state index is 11.3. The Kier molecular flexibility index (Phi) is 6.26. The third-order valence-corrected chi connectivity index (χ3v) is 3.47. The lowest BCUT2D eigenvalue weighted by atomic mass is 10.2. The number of hydrogen-bond donors (Lipinski definition) is 1. The van der Waals surface area contributed by atoms with Crippen LogP contribution in [-0.4, -0.2) is 41.9 Å². The van der Waals surface area contributed by atoms with E-state index in [0.717, 1.165) is 32.0 Å². The number of non-ortho nitro benzene ring substituents is 1. The van der Waals surface area contributed by atoms with Gasteiger partial charge in [-0.3, -0.25) is 30.3 Å². The number of carbonyl (C=O) groups is 2. The lowest BCUT2D eigenvalue weighted by Crippen LogP contribution is -2.14. The quantitative estimate of drug-likeness (QED) is 0.353. The third kappa shape index (κ3) is 4.81. The first-order valence-electron chi connectivity index (χ1n) is 5.81. The van der Waals surface area contributed by atoms with E-state index in [1.165, 1.54) is 0 Å². The fraction of sp³-hybridized carbons (Fsp3) is 0.273. The number of esters is 1. The van der Waals surface area contributed by atoms with Crippen molar-refractivity contribution in [3.05, 3.63) is 32.4 Å². The van der Waals surface area contributed by atoms with E-state index in [-0.39, 0.29) is 16.3 Å². The van der Waals surface area contributed by atoms with Gasteiger partial charge in [0.05, 0.1) is 35.9 Å². The molecule has 0 atom stereocenters. The van der Waals surface area contributed by atoms with Gasteiger partial charge >= 0.3 is 17.7 Å². The molecule has 0 aliphatic carbocycles. The minimum atomic E-state index is -0.998. The number of amides is 1. The number of carbonyl (C=O) groups excluding carboxylic acids is 2. The smallest absolute Gasteiger partial charge is 0.411 e. The standard InChI is InChI=1S/C11H11N3O8S/c1-21-9(15)5-23-8-4-6(13(17)18)3-7(14(19)20)10(8)12-11(16)22-2/h3-4H,5H2,1-2H3,(H,12,16). The highest BCUT2D eigenvalue weighted by Gasteiger charge is 2.26. The summed E-state index contributed by atoms with van der Waals surface area (Å²) >= 11 is 0.742. The lowest BCUT2D eigenvalue weighted by molar-refractivity contribution is -0.393. The molecule has 1 aromatic carbocycles. The van der Waals surface area contributed by atoms with Crippen molar-refractivity contribution in [2.75, 3.05) is 25.3 Å². The molecular formula is C11H11N3O8S. The molecule has 0 fully saturated rings. The van der Waals surface area contributed by atoms with Crippen LogP contribution in [0.5, 0.6) is 0 Å². The molecule has 0 radical (unpaired) electrons. The van der Waals surface area contributed by atoms with Gasteiger partial charge in [0.25, 0.3) is 5.69 Å².